The van der Waals surface area contributed by atoms with Crippen LogP contribution in [0.4, 0.5) is 0 Å². The zero-order valence-electron chi connectivity index (χ0n) is 10.8. The second-order valence-electron chi connectivity index (χ2n) is 5.13. The molecule has 1 aliphatic heterocycles. The second kappa shape index (κ2) is 4.92. The van der Waals surface area contributed by atoms with E-state index in [0.29, 0.717) is 6.61 Å². The van der Waals surface area contributed by atoms with Crippen LogP contribution in [0.3, 0.4) is 0 Å². The van der Waals surface area contributed by atoms with Gasteiger partial charge in [0.2, 0.25) is 0 Å². The Hall–Kier alpha value is -1.28. The van der Waals surface area contributed by atoms with Gasteiger partial charge in [-0.2, -0.15) is 0 Å². The van der Waals surface area contributed by atoms with E-state index < -0.39 is 0 Å². The van der Waals surface area contributed by atoms with Gasteiger partial charge in [-0.1, -0.05) is 18.7 Å². The highest BCUT2D eigenvalue weighted by Gasteiger charge is 2.29. The van der Waals surface area contributed by atoms with Crippen LogP contribution in [0.15, 0.2) is 36.4 Å². The highest BCUT2D eigenvalue weighted by atomic mass is 16.5. The molecule has 0 radical (unpaired) electrons. The molecule has 1 saturated heterocycles. The molecule has 1 aromatic rings. The molecule has 0 spiro atoms. The zero-order valence-corrected chi connectivity index (χ0v) is 10.8. The molecule has 0 bridgehead atoms. The maximum Gasteiger partial charge on any atom is 0.119 e. The van der Waals surface area contributed by atoms with Gasteiger partial charge in [0.05, 0.1) is 0 Å². The molecule has 0 aliphatic carbocycles. The first-order valence-corrected chi connectivity index (χ1v) is 6.23. The van der Waals surface area contributed by atoms with Gasteiger partial charge in [0, 0.05) is 5.54 Å². The lowest BCUT2D eigenvalue weighted by Crippen LogP contribution is -2.32. The van der Waals surface area contributed by atoms with E-state index in [1.54, 1.807) is 0 Å². The summed E-state index contributed by atoms with van der Waals surface area (Å²) < 4.78 is 5.60. The minimum absolute atomic E-state index is 0.146. The van der Waals surface area contributed by atoms with E-state index in [2.05, 4.69) is 31.0 Å². The summed E-state index contributed by atoms with van der Waals surface area (Å²) in [4.78, 5) is 0. The molecule has 1 N–H and O–H groups in total. The van der Waals surface area contributed by atoms with Crippen molar-refractivity contribution < 1.29 is 4.74 Å². The van der Waals surface area contributed by atoms with Gasteiger partial charge in [0.15, 0.2) is 0 Å². The van der Waals surface area contributed by atoms with E-state index in [1.807, 2.05) is 19.1 Å². The summed E-state index contributed by atoms with van der Waals surface area (Å²) in [6.07, 6.45) is 2.46. The van der Waals surface area contributed by atoms with E-state index in [0.717, 1.165) is 17.9 Å². The Morgan fingerprint density at radius 3 is 2.65 bits per heavy atom. The summed E-state index contributed by atoms with van der Waals surface area (Å²) in [5.74, 6) is 0.915. The number of benzene rings is 1. The van der Waals surface area contributed by atoms with Crippen molar-refractivity contribution >= 4 is 0 Å². The maximum absolute atomic E-state index is 5.60. The number of hydrogen-bond donors (Lipinski definition) is 1. The summed E-state index contributed by atoms with van der Waals surface area (Å²) in [6, 6.07) is 8.41. The lowest BCUT2D eigenvalue weighted by Gasteiger charge is -2.25. The molecule has 0 saturated carbocycles. The van der Waals surface area contributed by atoms with Gasteiger partial charge in [0.1, 0.15) is 12.4 Å². The molecule has 2 rings (SSSR count). The lowest BCUT2D eigenvalue weighted by molar-refractivity contribution is 0.352. The van der Waals surface area contributed by atoms with Gasteiger partial charge < -0.3 is 10.1 Å². The third-order valence-electron chi connectivity index (χ3n) is 3.35. The number of rotatable bonds is 4. The maximum atomic E-state index is 5.60. The smallest absolute Gasteiger partial charge is 0.119 e. The van der Waals surface area contributed by atoms with Crippen molar-refractivity contribution in [3.8, 4) is 5.75 Å². The van der Waals surface area contributed by atoms with Gasteiger partial charge in [-0.15, -0.1) is 0 Å². The molecular formula is C15H21NO. The first kappa shape index (κ1) is 12.2. The van der Waals surface area contributed by atoms with Crippen molar-refractivity contribution in [1.29, 1.82) is 0 Å². The first-order chi connectivity index (χ1) is 8.10. The Balaban J connectivity index is 2.05. The van der Waals surface area contributed by atoms with Crippen LogP contribution in [0.25, 0.3) is 0 Å². The molecule has 17 heavy (non-hydrogen) atoms. The van der Waals surface area contributed by atoms with Crippen molar-refractivity contribution in [2.75, 3.05) is 13.2 Å². The SMILES string of the molecule is C=C(C)COc1ccc(C2(C)CCCN2)cc1. The monoisotopic (exact) mass is 231 g/mol. The molecule has 0 amide bonds. The average molecular weight is 231 g/mol. The predicted octanol–water partition coefficient (Wildman–Crippen LogP) is 3.24. The Bertz CT molecular complexity index is 388. The van der Waals surface area contributed by atoms with E-state index in [9.17, 15) is 0 Å². The molecule has 2 heteroatoms. The minimum Gasteiger partial charge on any atom is -0.489 e. The molecule has 1 aromatic carbocycles. The molecule has 1 unspecified atom stereocenters. The third kappa shape index (κ3) is 2.89. The highest BCUT2D eigenvalue weighted by Crippen LogP contribution is 2.31. The van der Waals surface area contributed by atoms with E-state index in [-0.39, 0.29) is 5.54 Å². The standard InChI is InChI=1S/C15H21NO/c1-12(2)11-17-14-7-5-13(6-8-14)15(3)9-4-10-16-15/h5-8,16H,1,4,9-11H2,2-3H3. The van der Waals surface area contributed by atoms with Crippen LogP contribution < -0.4 is 10.1 Å². The van der Waals surface area contributed by atoms with Crippen molar-refractivity contribution in [3.05, 3.63) is 42.0 Å². The summed E-state index contributed by atoms with van der Waals surface area (Å²) in [7, 11) is 0. The molecule has 1 fully saturated rings. The van der Waals surface area contributed by atoms with E-state index >= 15 is 0 Å². The van der Waals surface area contributed by atoms with Crippen LogP contribution in [-0.2, 0) is 5.54 Å². The third-order valence-corrected chi connectivity index (χ3v) is 3.35. The number of ether oxygens (including phenoxy) is 1. The van der Waals surface area contributed by atoms with Gasteiger partial charge in [-0.3, -0.25) is 0 Å². The van der Waals surface area contributed by atoms with Crippen LogP contribution in [-0.4, -0.2) is 13.2 Å². The Morgan fingerprint density at radius 1 is 1.41 bits per heavy atom. The first-order valence-electron chi connectivity index (χ1n) is 6.23. The van der Waals surface area contributed by atoms with E-state index in [4.69, 9.17) is 4.74 Å². The van der Waals surface area contributed by atoms with Crippen molar-refractivity contribution in [3.63, 3.8) is 0 Å². The topological polar surface area (TPSA) is 21.3 Å². The molecule has 1 atom stereocenters. The molecule has 2 nitrogen and oxygen atoms in total. The van der Waals surface area contributed by atoms with Crippen molar-refractivity contribution in [2.45, 2.75) is 32.2 Å². The number of hydrogen-bond acceptors (Lipinski definition) is 2. The summed E-state index contributed by atoms with van der Waals surface area (Å²) in [6.45, 7) is 9.77. The summed E-state index contributed by atoms with van der Waals surface area (Å²) in [5, 5.41) is 3.56. The highest BCUT2D eigenvalue weighted by molar-refractivity contribution is 5.32. The Kier molecular flexibility index (Phi) is 3.53. The van der Waals surface area contributed by atoms with Crippen LogP contribution in [0.5, 0.6) is 5.75 Å². The summed E-state index contributed by atoms with van der Waals surface area (Å²) in [5.41, 5.74) is 2.53. The van der Waals surface area contributed by atoms with Gasteiger partial charge in [-0.05, 0) is 56.5 Å². The summed E-state index contributed by atoms with van der Waals surface area (Å²) >= 11 is 0. The fourth-order valence-electron chi connectivity index (χ4n) is 2.27. The fraction of sp³-hybridized carbons (Fsp3) is 0.467. The fourth-order valence-corrected chi connectivity index (χ4v) is 2.27. The quantitative estimate of drug-likeness (QED) is 0.803. The lowest BCUT2D eigenvalue weighted by atomic mass is 9.91. The van der Waals surface area contributed by atoms with Crippen molar-refractivity contribution in [2.24, 2.45) is 0 Å². The molecule has 92 valence electrons. The second-order valence-corrected chi connectivity index (χ2v) is 5.13. The largest absolute Gasteiger partial charge is 0.489 e. The van der Waals surface area contributed by atoms with Crippen LogP contribution in [0.2, 0.25) is 0 Å². The zero-order chi connectivity index (χ0) is 12.3. The van der Waals surface area contributed by atoms with Crippen molar-refractivity contribution in [1.82, 2.24) is 5.32 Å². The van der Waals surface area contributed by atoms with E-state index in [1.165, 1.54) is 18.4 Å². The molecule has 1 heterocycles. The van der Waals surface area contributed by atoms with Gasteiger partial charge >= 0.3 is 0 Å². The average Bonchev–Trinajstić information content (AvgIpc) is 2.75. The Morgan fingerprint density at radius 2 is 2.12 bits per heavy atom. The minimum atomic E-state index is 0.146. The van der Waals surface area contributed by atoms with Crippen LogP contribution in [0, 0.1) is 0 Å². The molecule has 1 aliphatic rings. The Labute approximate surface area is 104 Å². The van der Waals surface area contributed by atoms with Gasteiger partial charge in [0.25, 0.3) is 0 Å². The number of nitrogens with one attached hydrogen (secondary N) is 1. The molecular weight excluding hydrogens is 210 g/mol. The van der Waals surface area contributed by atoms with Gasteiger partial charge in [-0.25, -0.2) is 0 Å². The van der Waals surface area contributed by atoms with Crippen LogP contribution in [0.1, 0.15) is 32.3 Å². The predicted molar refractivity (Wildman–Crippen MR) is 71.3 cm³/mol. The normalized spacial score (nSPS) is 23.6. The van der Waals surface area contributed by atoms with Crippen LogP contribution >= 0.6 is 0 Å². The molecule has 0 aromatic heterocycles.